The summed E-state index contributed by atoms with van der Waals surface area (Å²) in [7, 11) is 0. The molecule has 22 heavy (non-hydrogen) atoms. The average molecular weight is 308 g/mol. The van der Waals surface area contributed by atoms with Crippen molar-refractivity contribution in [1.82, 2.24) is 0 Å². The van der Waals surface area contributed by atoms with E-state index in [2.05, 4.69) is 6.92 Å². The van der Waals surface area contributed by atoms with E-state index in [0.29, 0.717) is 6.61 Å². The van der Waals surface area contributed by atoms with Crippen LogP contribution in [0.15, 0.2) is 24.3 Å². The van der Waals surface area contributed by atoms with Gasteiger partial charge in [-0.3, -0.25) is 0 Å². The molecule has 1 saturated heterocycles. The summed E-state index contributed by atoms with van der Waals surface area (Å²) >= 11 is 0. The predicted molar refractivity (Wildman–Crippen MR) is 83.1 cm³/mol. The normalized spacial score (nSPS) is 23.2. The molecule has 2 rings (SSSR count). The first kappa shape index (κ1) is 16.9. The van der Waals surface area contributed by atoms with Crippen LogP contribution in [0, 0.1) is 11.7 Å². The summed E-state index contributed by atoms with van der Waals surface area (Å²) in [5, 5.41) is 0. The molecule has 0 amide bonds. The number of esters is 1. The highest BCUT2D eigenvalue weighted by Crippen LogP contribution is 2.45. The zero-order chi connectivity index (χ0) is 16.3. The Morgan fingerprint density at radius 1 is 1.32 bits per heavy atom. The molecule has 1 aliphatic rings. The maximum atomic E-state index is 13.2. The van der Waals surface area contributed by atoms with E-state index in [1.165, 1.54) is 12.1 Å². The van der Waals surface area contributed by atoms with Crippen LogP contribution in [0.5, 0.6) is 0 Å². The third kappa shape index (κ3) is 3.49. The Bertz CT molecular complexity index is 506. The Morgan fingerprint density at radius 3 is 2.36 bits per heavy atom. The van der Waals surface area contributed by atoms with Crippen molar-refractivity contribution in [3.8, 4) is 0 Å². The van der Waals surface area contributed by atoms with Gasteiger partial charge in [0.1, 0.15) is 5.82 Å². The number of ether oxygens (including phenoxy) is 2. The SMILES string of the molecule is CCCC(c1ccc(F)cc1)C(C)C1(C(=O)OC(C)C)CO1. The highest BCUT2D eigenvalue weighted by Gasteiger charge is 2.59. The van der Waals surface area contributed by atoms with Crippen molar-refractivity contribution in [1.29, 1.82) is 0 Å². The van der Waals surface area contributed by atoms with Crippen molar-refractivity contribution < 1.29 is 18.7 Å². The molecule has 0 aromatic heterocycles. The molecule has 0 N–H and O–H groups in total. The molecule has 0 aliphatic carbocycles. The fraction of sp³-hybridized carbons (Fsp3) is 0.611. The Morgan fingerprint density at radius 2 is 1.91 bits per heavy atom. The van der Waals surface area contributed by atoms with Crippen LogP contribution in [0.2, 0.25) is 0 Å². The summed E-state index contributed by atoms with van der Waals surface area (Å²) in [6, 6.07) is 6.54. The number of carbonyl (C=O) groups excluding carboxylic acids is 1. The van der Waals surface area contributed by atoms with Crippen LogP contribution in [0.3, 0.4) is 0 Å². The minimum atomic E-state index is -0.835. The van der Waals surface area contributed by atoms with E-state index in [1.807, 2.05) is 20.8 Å². The predicted octanol–water partition coefficient (Wildman–Crippen LogP) is 4.07. The second-order valence-electron chi connectivity index (χ2n) is 6.37. The quantitative estimate of drug-likeness (QED) is 0.563. The standard InChI is InChI=1S/C18H25FO3/c1-5-6-16(14-7-9-15(19)10-8-14)13(4)18(11-21-18)17(20)22-12(2)3/h7-10,12-13,16H,5-6,11H2,1-4H3. The number of benzene rings is 1. The van der Waals surface area contributed by atoms with Crippen molar-refractivity contribution in [3.63, 3.8) is 0 Å². The molecule has 1 aliphatic heterocycles. The summed E-state index contributed by atoms with van der Waals surface area (Å²) in [5.41, 5.74) is 0.210. The lowest BCUT2D eigenvalue weighted by Gasteiger charge is -2.28. The van der Waals surface area contributed by atoms with Gasteiger partial charge < -0.3 is 9.47 Å². The van der Waals surface area contributed by atoms with Crippen LogP contribution in [0.4, 0.5) is 4.39 Å². The third-order valence-electron chi connectivity index (χ3n) is 4.38. The number of rotatable bonds is 7. The number of carbonyl (C=O) groups is 1. The molecule has 1 fully saturated rings. The fourth-order valence-corrected chi connectivity index (χ4v) is 3.01. The highest BCUT2D eigenvalue weighted by atomic mass is 19.1. The van der Waals surface area contributed by atoms with Crippen molar-refractivity contribution in [2.45, 2.75) is 58.2 Å². The summed E-state index contributed by atoms with van der Waals surface area (Å²) in [4.78, 5) is 12.4. The van der Waals surface area contributed by atoms with Crippen molar-refractivity contribution in [3.05, 3.63) is 35.6 Å². The first-order valence-electron chi connectivity index (χ1n) is 8.01. The van der Waals surface area contributed by atoms with Crippen LogP contribution in [-0.2, 0) is 14.3 Å². The molecule has 4 heteroatoms. The van der Waals surface area contributed by atoms with Gasteiger partial charge in [0.15, 0.2) is 5.60 Å². The van der Waals surface area contributed by atoms with Crippen molar-refractivity contribution in [2.75, 3.05) is 6.61 Å². The first-order chi connectivity index (χ1) is 10.4. The molecule has 1 aromatic carbocycles. The van der Waals surface area contributed by atoms with Gasteiger partial charge in [0.05, 0.1) is 12.7 Å². The van der Waals surface area contributed by atoms with Gasteiger partial charge >= 0.3 is 5.97 Å². The van der Waals surface area contributed by atoms with E-state index in [9.17, 15) is 9.18 Å². The molecular formula is C18H25FO3. The molecule has 0 radical (unpaired) electrons. The van der Waals surface area contributed by atoms with Gasteiger partial charge in [0.25, 0.3) is 0 Å². The minimum Gasteiger partial charge on any atom is -0.461 e. The smallest absolute Gasteiger partial charge is 0.341 e. The minimum absolute atomic E-state index is 0.0100. The fourth-order valence-electron chi connectivity index (χ4n) is 3.01. The van der Waals surface area contributed by atoms with E-state index in [4.69, 9.17) is 9.47 Å². The van der Waals surface area contributed by atoms with Gasteiger partial charge in [0.2, 0.25) is 0 Å². The molecule has 0 spiro atoms. The summed E-state index contributed by atoms with van der Waals surface area (Å²) in [6.45, 7) is 8.21. The third-order valence-corrected chi connectivity index (χ3v) is 4.38. The number of epoxide rings is 1. The van der Waals surface area contributed by atoms with Crippen LogP contribution in [-0.4, -0.2) is 24.3 Å². The van der Waals surface area contributed by atoms with Gasteiger partial charge in [-0.05, 0) is 43.9 Å². The molecule has 3 unspecified atom stereocenters. The van der Waals surface area contributed by atoms with Crippen molar-refractivity contribution in [2.24, 2.45) is 5.92 Å². The number of hydrogen-bond acceptors (Lipinski definition) is 3. The molecule has 0 bridgehead atoms. The average Bonchev–Trinajstić information content (AvgIpc) is 3.26. The molecule has 122 valence electrons. The summed E-state index contributed by atoms with van der Waals surface area (Å²) in [6.07, 6.45) is 1.75. The van der Waals surface area contributed by atoms with Crippen LogP contribution in [0.1, 0.15) is 52.0 Å². The summed E-state index contributed by atoms with van der Waals surface area (Å²) < 4.78 is 24.1. The zero-order valence-corrected chi connectivity index (χ0v) is 13.8. The van der Waals surface area contributed by atoms with Gasteiger partial charge in [0, 0.05) is 5.92 Å². The topological polar surface area (TPSA) is 38.8 Å². The molecule has 1 aromatic rings. The number of halogens is 1. The van der Waals surface area contributed by atoms with E-state index in [-0.39, 0.29) is 29.7 Å². The highest BCUT2D eigenvalue weighted by molar-refractivity contribution is 5.83. The Hall–Kier alpha value is -1.42. The van der Waals surface area contributed by atoms with E-state index < -0.39 is 5.60 Å². The lowest BCUT2D eigenvalue weighted by Crippen LogP contribution is -2.38. The lowest BCUT2D eigenvalue weighted by atomic mass is 9.76. The maximum absolute atomic E-state index is 13.2. The zero-order valence-electron chi connectivity index (χ0n) is 13.8. The van der Waals surface area contributed by atoms with Gasteiger partial charge in [-0.25, -0.2) is 9.18 Å². The van der Waals surface area contributed by atoms with E-state index in [0.717, 1.165) is 18.4 Å². The largest absolute Gasteiger partial charge is 0.461 e. The molecule has 3 atom stereocenters. The van der Waals surface area contributed by atoms with Gasteiger partial charge in [-0.2, -0.15) is 0 Å². The Labute approximate surface area is 131 Å². The Kier molecular flexibility index (Phi) is 5.22. The first-order valence-corrected chi connectivity index (χ1v) is 8.01. The van der Waals surface area contributed by atoms with Gasteiger partial charge in [-0.1, -0.05) is 32.4 Å². The van der Waals surface area contributed by atoms with Crippen LogP contribution in [0.25, 0.3) is 0 Å². The molecule has 1 heterocycles. The van der Waals surface area contributed by atoms with Crippen LogP contribution >= 0.6 is 0 Å². The van der Waals surface area contributed by atoms with Gasteiger partial charge in [-0.15, -0.1) is 0 Å². The molecule has 0 saturated carbocycles. The van der Waals surface area contributed by atoms with E-state index >= 15 is 0 Å². The number of hydrogen-bond donors (Lipinski definition) is 0. The molecular weight excluding hydrogens is 283 g/mol. The summed E-state index contributed by atoms with van der Waals surface area (Å²) in [5.74, 6) is -0.390. The lowest BCUT2D eigenvalue weighted by molar-refractivity contribution is -0.156. The van der Waals surface area contributed by atoms with Crippen LogP contribution < -0.4 is 0 Å². The second-order valence-corrected chi connectivity index (χ2v) is 6.37. The molecule has 3 nitrogen and oxygen atoms in total. The van der Waals surface area contributed by atoms with E-state index in [1.54, 1.807) is 12.1 Å². The van der Waals surface area contributed by atoms with Crippen molar-refractivity contribution >= 4 is 5.97 Å². The monoisotopic (exact) mass is 308 g/mol. The Balaban J connectivity index is 2.21. The second kappa shape index (κ2) is 6.78. The maximum Gasteiger partial charge on any atom is 0.341 e.